The van der Waals surface area contributed by atoms with Crippen LogP contribution in [0.3, 0.4) is 0 Å². The molecule has 0 saturated heterocycles. The van der Waals surface area contributed by atoms with Crippen LogP contribution in [0, 0.1) is 6.20 Å². The summed E-state index contributed by atoms with van der Waals surface area (Å²) in [6, 6.07) is 0. The Balaban J connectivity index is 0.000000810. The first-order valence-electron chi connectivity index (χ1n) is 2.82. The van der Waals surface area contributed by atoms with Gasteiger partial charge < -0.3 is 9.97 Å². The van der Waals surface area contributed by atoms with Crippen LogP contribution in [0.25, 0.3) is 0 Å². The Kier molecular flexibility index (Phi) is 6.11. The van der Waals surface area contributed by atoms with Gasteiger partial charge in [-0.05, 0) is 12.1 Å². The summed E-state index contributed by atoms with van der Waals surface area (Å²) in [5, 5.41) is 0. The van der Waals surface area contributed by atoms with Crippen molar-refractivity contribution in [2.75, 3.05) is 0 Å². The Morgan fingerprint density at radius 2 is 2.40 bits per heavy atom. The second-order valence-electron chi connectivity index (χ2n) is 1.71. The van der Waals surface area contributed by atoms with E-state index in [0.717, 1.165) is 12.1 Å². The fourth-order valence-electron chi connectivity index (χ4n) is 0.541. The minimum Gasteiger partial charge on any atom is -0.456 e. The fraction of sp³-hybridized carbons (Fsp3) is 0.333. The molecule has 0 aliphatic rings. The number of rotatable bonds is 1. The van der Waals surface area contributed by atoms with Crippen LogP contribution in [0.4, 0.5) is 0 Å². The van der Waals surface area contributed by atoms with Crippen LogP contribution in [0.15, 0.2) is 6.20 Å². The monoisotopic (exact) mass is 202 g/mol. The van der Waals surface area contributed by atoms with Crippen molar-refractivity contribution in [3.63, 3.8) is 0 Å². The summed E-state index contributed by atoms with van der Waals surface area (Å²) in [7, 11) is 5.34. The molecule has 0 aliphatic heterocycles. The van der Waals surface area contributed by atoms with Crippen molar-refractivity contribution in [2.45, 2.75) is 13.3 Å². The second-order valence-corrected chi connectivity index (χ2v) is 1.71. The van der Waals surface area contributed by atoms with E-state index in [2.05, 4.69) is 16.2 Å². The minimum absolute atomic E-state index is 0. The third-order valence-corrected chi connectivity index (χ3v) is 0.989. The van der Waals surface area contributed by atoms with Crippen LogP contribution >= 0.6 is 0 Å². The summed E-state index contributed by atoms with van der Waals surface area (Å²) in [5.41, 5.74) is 1.28. The molecule has 0 bridgehead atoms. The second kappa shape index (κ2) is 5.58. The zero-order valence-corrected chi connectivity index (χ0v) is 11.2. The molecule has 0 atom stereocenters. The Hall–Kier alpha value is 0.950. The zero-order valence-electron chi connectivity index (χ0n) is 6.26. The quantitative estimate of drug-likeness (QED) is 0.351. The molecule has 2 nitrogen and oxygen atoms in total. The molecule has 4 heteroatoms. The third-order valence-electron chi connectivity index (χ3n) is 0.989. The molecule has 0 saturated carbocycles. The van der Waals surface area contributed by atoms with Crippen molar-refractivity contribution in [3.8, 4) is 0 Å². The van der Waals surface area contributed by atoms with Crippen LogP contribution in [-0.4, -0.2) is 17.8 Å². The summed E-state index contributed by atoms with van der Waals surface area (Å²) in [6.07, 6.45) is 5.03. The van der Waals surface area contributed by atoms with Crippen LogP contribution in [0.2, 0.25) is 0 Å². The first-order valence-corrected chi connectivity index (χ1v) is 2.82. The van der Waals surface area contributed by atoms with Crippen molar-refractivity contribution < 1.29 is 58.2 Å². The summed E-state index contributed by atoms with van der Waals surface area (Å²) < 4.78 is 0. The van der Waals surface area contributed by atoms with Crippen molar-refractivity contribution in [1.82, 2.24) is 9.97 Å². The molecule has 1 aromatic rings. The molecule has 1 aromatic heterocycles. The zero-order chi connectivity index (χ0) is 6.69. The molecule has 44 valence electrons. The molecule has 10 heavy (non-hydrogen) atoms. The van der Waals surface area contributed by atoms with E-state index in [1.807, 2.05) is 6.92 Å². The average Bonchev–Trinajstić information content (AvgIpc) is 1.88. The molecule has 0 fully saturated rings. The third kappa shape index (κ3) is 3.37. The van der Waals surface area contributed by atoms with Gasteiger partial charge in [-0.3, -0.25) is 0 Å². The molecule has 0 aliphatic carbocycles. The Labute approximate surface area is 111 Å². The van der Waals surface area contributed by atoms with Gasteiger partial charge in [0, 0.05) is 0 Å². The number of hydrogen-bond acceptors (Lipinski definition) is 2. The molecule has 0 N–H and O–H groups in total. The normalized spacial score (nSPS) is 8.50. The Bertz CT molecular complexity index is 205. The van der Waals surface area contributed by atoms with Crippen LogP contribution in [-0.2, 0) is 6.42 Å². The molecule has 0 unspecified atom stereocenters. The first kappa shape index (κ1) is 11.0. The minimum atomic E-state index is 0. The van der Waals surface area contributed by atoms with E-state index >= 15 is 0 Å². The molecule has 1 rings (SSSR count). The largest absolute Gasteiger partial charge is 1.00 e. The summed E-state index contributed by atoms with van der Waals surface area (Å²) in [4.78, 5) is 7.69. The number of aromatic nitrogens is 2. The molecule has 0 amide bonds. The summed E-state index contributed by atoms with van der Waals surface area (Å²) >= 11 is 0. The standard InChI is InChI=1S/C6H6BN2.Rb/c1-2-5-3-8-4-6(7)9-5;/h4H,2H2,1H3;/q-1;+1. The maximum Gasteiger partial charge on any atom is 1.00 e. The molecular weight excluding hydrogens is 196 g/mol. The first-order chi connectivity index (χ1) is 4.33. The van der Waals surface area contributed by atoms with Crippen molar-refractivity contribution >= 4 is 13.4 Å². The van der Waals surface area contributed by atoms with Crippen LogP contribution in [0.5, 0.6) is 0 Å². The summed E-state index contributed by atoms with van der Waals surface area (Å²) in [5.74, 6) is 0. The van der Waals surface area contributed by atoms with Gasteiger partial charge in [-0.25, -0.2) is 0 Å². The molecule has 1 heterocycles. The van der Waals surface area contributed by atoms with Crippen molar-refractivity contribution in [2.24, 2.45) is 0 Å². The van der Waals surface area contributed by atoms with Gasteiger partial charge in [-0.2, -0.15) is 0 Å². The summed E-state index contributed by atoms with van der Waals surface area (Å²) in [6.45, 7) is 1.99. The van der Waals surface area contributed by atoms with Gasteiger partial charge in [-0.15, -0.1) is 12.4 Å². The van der Waals surface area contributed by atoms with Crippen LogP contribution in [0.1, 0.15) is 12.6 Å². The van der Waals surface area contributed by atoms with Gasteiger partial charge >= 0.3 is 58.2 Å². The van der Waals surface area contributed by atoms with Gasteiger partial charge in [-0.1, -0.05) is 12.5 Å². The average molecular weight is 202 g/mol. The predicted molar refractivity (Wildman–Crippen MR) is 35.6 cm³/mol. The Morgan fingerprint density at radius 3 is 2.80 bits per heavy atom. The Morgan fingerprint density at radius 1 is 1.70 bits per heavy atom. The van der Waals surface area contributed by atoms with E-state index in [-0.39, 0.29) is 58.2 Å². The van der Waals surface area contributed by atoms with E-state index < -0.39 is 0 Å². The van der Waals surface area contributed by atoms with E-state index in [1.165, 1.54) is 6.20 Å². The predicted octanol–water partition coefficient (Wildman–Crippen LogP) is -3.36. The number of aryl methyl sites for hydroxylation is 1. The van der Waals surface area contributed by atoms with E-state index in [4.69, 9.17) is 7.85 Å². The number of hydrogen-bond donors (Lipinski definition) is 0. The van der Waals surface area contributed by atoms with Gasteiger partial charge in [0.1, 0.15) is 7.85 Å². The molecular formula is C6H6BN2Rb. The van der Waals surface area contributed by atoms with E-state index in [9.17, 15) is 0 Å². The van der Waals surface area contributed by atoms with E-state index in [0.29, 0.717) is 5.59 Å². The topological polar surface area (TPSA) is 25.8 Å². The fourth-order valence-corrected chi connectivity index (χ4v) is 0.541. The van der Waals surface area contributed by atoms with E-state index in [1.54, 1.807) is 0 Å². The number of nitrogens with zero attached hydrogens (tertiary/aromatic N) is 2. The van der Waals surface area contributed by atoms with Gasteiger partial charge in [0.25, 0.3) is 0 Å². The molecule has 0 spiro atoms. The molecule has 0 aromatic carbocycles. The smallest absolute Gasteiger partial charge is 0.456 e. The maximum absolute atomic E-state index is 5.34. The van der Waals surface area contributed by atoms with Crippen molar-refractivity contribution in [3.05, 3.63) is 18.1 Å². The maximum atomic E-state index is 5.34. The van der Waals surface area contributed by atoms with Crippen molar-refractivity contribution in [1.29, 1.82) is 0 Å². The SMILES string of the molecule is [B]c1cn[c-]c(CC)n1.[Rb+]. The van der Waals surface area contributed by atoms with Gasteiger partial charge in [0.2, 0.25) is 0 Å². The molecule has 2 radical (unpaired) electrons. The van der Waals surface area contributed by atoms with Gasteiger partial charge in [0.05, 0.1) is 0 Å². The van der Waals surface area contributed by atoms with Gasteiger partial charge in [0.15, 0.2) is 0 Å². The van der Waals surface area contributed by atoms with Crippen LogP contribution < -0.4 is 63.8 Å².